The smallest absolute Gasteiger partial charge is 0.0726 e. The van der Waals surface area contributed by atoms with Gasteiger partial charge in [-0.25, -0.2) is 0 Å². The molecule has 0 atom stereocenters. The summed E-state index contributed by atoms with van der Waals surface area (Å²) in [5.41, 5.74) is 3.58. The van der Waals surface area contributed by atoms with Crippen LogP contribution in [-0.2, 0) is 26.6 Å². The van der Waals surface area contributed by atoms with Crippen LogP contribution in [0.4, 0.5) is 0 Å². The minimum absolute atomic E-state index is 0.740. The van der Waals surface area contributed by atoms with Gasteiger partial charge in [0.05, 0.1) is 17.6 Å². The van der Waals surface area contributed by atoms with Crippen molar-refractivity contribution in [3.05, 3.63) is 47.8 Å². The van der Waals surface area contributed by atoms with Gasteiger partial charge in [0.1, 0.15) is 0 Å². The number of rotatable bonds is 6. The molecule has 3 heterocycles. The Balaban J connectivity index is 1.46. The van der Waals surface area contributed by atoms with Crippen molar-refractivity contribution in [3.63, 3.8) is 0 Å². The van der Waals surface area contributed by atoms with Gasteiger partial charge in [-0.3, -0.25) is 14.9 Å². The van der Waals surface area contributed by atoms with Crippen molar-refractivity contribution >= 4 is 0 Å². The molecule has 0 aromatic carbocycles. The molecule has 1 fully saturated rings. The molecule has 5 heteroatoms. The number of aromatic nitrogens is 3. The number of nitrogens with zero attached hydrogens (tertiary/aromatic N) is 5. The second-order valence-electron chi connectivity index (χ2n) is 7.27. The SMILES string of the molecule is CN(C)Cc1cnc(CC2CCN(Cc3cccn3C)CC2)cn1. The lowest BCUT2D eigenvalue weighted by Gasteiger charge is -2.31. The highest BCUT2D eigenvalue weighted by molar-refractivity contribution is 5.07. The highest BCUT2D eigenvalue weighted by atomic mass is 15.1. The third-order valence-electron chi connectivity index (χ3n) is 4.88. The quantitative estimate of drug-likeness (QED) is 0.816. The molecule has 1 aliphatic rings. The summed E-state index contributed by atoms with van der Waals surface area (Å²) in [4.78, 5) is 13.8. The van der Waals surface area contributed by atoms with E-state index in [0.717, 1.165) is 36.8 Å². The lowest BCUT2D eigenvalue weighted by Crippen LogP contribution is -2.34. The molecule has 0 radical (unpaired) electrons. The van der Waals surface area contributed by atoms with Crippen LogP contribution in [0, 0.1) is 5.92 Å². The Morgan fingerprint density at radius 3 is 2.42 bits per heavy atom. The number of piperidine rings is 1. The van der Waals surface area contributed by atoms with E-state index in [-0.39, 0.29) is 0 Å². The maximum atomic E-state index is 4.61. The van der Waals surface area contributed by atoms with Gasteiger partial charge in [0.15, 0.2) is 0 Å². The van der Waals surface area contributed by atoms with Crippen molar-refractivity contribution in [3.8, 4) is 0 Å². The van der Waals surface area contributed by atoms with E-state index in [1.807, 2.05) is 12.4 Å². The van der Waals surface area contributed by atoms with Gasteiger partial charge in [-0.05, 0) is 64.5 Å². The molecule has 0 spiro atoms. The number of aryl methyl sites for hydroxylation is 1. The van der Waals surface area contributed by atoms with Crippen molar-refractivity contribution < 1.29 is 0 Å². The lowest BCUT2D eigenvalue weighted by atomic mass is 9.92. The molecule has 0 amide bonds. The highest BCUT2D eigenvalue weighted by Gasteiger charge is 2.20. The first-order valence-corrected chi connectivity index (χ1v) is 8.87. The summed E-state index contributed by atoms with van der Waals surface area (Å²) in [5, 5.41) is 0. The molecule has 0 unspecified atom stereocenters. The molecule has 0 saturated carbocycles. The minimum Gasteiger partial charge on any atom is -0.353 e. The van der Waals surface area contributed by atoms with E-state index in [1.54, 1.807) is 0 Å². The molecule has 130 valence electrons. The molecule has 0 N–H and O–H groups in total. The predicted molar refractivity (Wildman–Crippen MR) is 96.5 cm³/mol. The molecular formula is C19H29N5. The summed E-state index contributed by atoms with van der Waals surface area (Å²) < 4.78 is 2.22. The summed E-state index contributed by atoms with van der Waals surface area (Å²) in [6.45, 7) is 4.28. The topological polar surface area (TPSA) is 37.2 Å². The van der Waals surface area contributed by atoms with Crippen LogP contribution < -0.4 is 0 Å². The van der Waals surface area contributed by atoms with Gasteiger partial charge >= 0.3 is 0 Å². The predicted octanol–water partition coefficient (Wildman–Crippen LogP) is 2.33. The zero-order valence-electron chi connectivity index (χ0n) is 15.1. The molecule has 2 aromatic rings. The van der Waals surface area contributed by atoms with Gasteiger partial charge in [0.2, 0.25) is 0 Å². The van der Waals surface area contributed by atoms with E-state index in [9.17, 15) is 0 Å². The Labute approximate surface area is 145 Å². The zero-order chi connectivity index (χ0) is 16.9. The van der Waals surface area contributed by atoms with Gasteiger partial charge in [0.25, 0.3) is 0 Å². The number of likely N-dealkylation sites (tertiary alicyclic amines) is 1. The van der Waals surface area contributed by atoms with Crippen molar-refractivity contribution in [2.24, 2.45) is 13.0 Å². The van der Waals surface area contributed by atoms with E-state index in [4.69, 9.17) is 0 Å². The van der Waals surface area contributed by atoms with Crippen LogP contribution in [0.5, 0.6) is 0 Å². The molecule has 0 bridgehead atoms. The molecule has 5 nitrogen and oxygen atoms in total. The Hall–Kier alpha value is -1.72. The molecule has 24 heavy (non-hydrogen) atoms. The Kier molecular flexibility index (Phi) is 5.63. The van der Waals surface area contributed by atoms with E-state index < -0.39 is 0 Å². The van der Waals surface area contributed by atoms with Gasteiger partial charge in [-0.2, -0.15) is 0 Å². The molecule has 2 aromatic heterocycles. The fraction of sp³-hybridized carbons (Fsp3) is 0.579. The second-order valence-corrected chi connectivity index (χ2v) is 7.27. The summed E-state index contributed by atoms with van der Waals surface area (Å²) in [7, 11) is 6.23. The van der Waals surface area contributed by atoms with Gasteiger partial charge in [0, 0.05) is 38.2 Å². The average Bonchev–Trinajstić information content (AvgIpc) is 2.96. The van der Waals surface area contributed by atoms with Gasteiger partial charge in [-0.15, -0.1) is 0 Å². The zero-order valence-corrected chi connectivity index (χ0v) is 15.1. The first-order valence-electron chi connectivity index (χ1n) is 8.87. The lowest BCUT2D eigenvalue weighted by molar-refractivity contribution is 0.173. The maximum Gasteiger partial charge on any atom is 0.0726 e. The molecule has 3 rings (SSSR count). The van der Waals surface area contributed by atoms with Crippen molar-refractivity contribution in [2.75, 3.05) is 27.2 Å². The third-order valence-corrected chi connectivity index (χ3v) is 4.88. The molecule has 1 aliphatic heterocycles. The van der Waals surface area contributed by atoms with Crippen LogP contribution in [0.15, 0.2) is 30.7 Å². The van der Waals surface area contributed by atoms with Crippen LogP contribution in [0.2, 0.25) is 0 Å². The number of hydrogen-bond donors (Lipinski definition) is 0. The third kappa shape index (κ3) is 4.65. The van der Waals surface area contributed by atoms with Crippen LogP contribution >= 0.6 is 0 Å². The summed E-state index contributed by atoms with van der Waals surface area (Å²) in [6, 6.07) is 4.34. The Morgan fingerprint density at radius 2 is 1.83 bits per heavy atom. The normalized spacial score (nSPS) is 16.8. The summed E-state index contributed by atoms with van der Waals surface area (Å²) >= 11 is 0. The molecule has 0 aliphatic carbocycles. The van der Waals surface area contributed by atoms with E-state index >= 15 is 0 Å². The Morgan fingerprint density at radius 1 is 1.12 bits per heavy atom. The van der Waals surface area contributed by atoms with Crippen LogP contribution in [0.3, 0.4) is 0 Å². The Bertz CT molecular complexity index is 623. The molecule has 1 saturated heterocycles. The van der Waals surface area contributed by atoms with Crippen molar-refractivity contribution in [2.45, 2.75) is 32.4 Å². The van der Waals surface area contributed by atoms with Crippen LogP contribution in [-0.4, -0.2) is 51.5 Å². The highest BCUT2D eigenvalue weighted by Crippen LogP contribution is 2.22. The average molecular weight is 327 g/mol. The van der Waals surface area contributed by atoms with Crippen molar-refractivity contribution in [1.29, 1.82) is 0 Å². The van der Waals surface area contributed by atoms with Gasteiger partial charge in [-0.1, -0.05) is 0 Å². The summed E-state index contributed by atoms with van der Waals surface area (Å²) in [5.74, 6) is 0.740. The van der Waals surface area contributed by atoms with E-state index in [1.165, 1.54) is 31.6 Å². The largest absolute Gasteiger partial charge is 0.353 e. The van der Waals surface area contributed by atoms with Crippen molar-refractivity contribution in [1.82, 2.24) is 24.3 Å². The fourth-order valence-electron chi connectivity index (χ4n) is 3.43. The maximum absolute atomic E-state index is 4.61. The van der Waals surface area contributed by atoms with Crippen LogP contribution in [0.25, 0.3) is 0 Å². The van der Waals surface area contributed by atoms with Gasteiger partial charge < -0.3 is 9.47 Å². The molecular weight excluding hydrogens is 298 g/mol. The fourth-order valence-corrected chi connectivity index (χ4v) is 3.43. The van der Waals surface area contributed by atoms with Crippen LogP contribution in [0.1, 0.15) is 29.9 Å². The van der Waals surface area contributed by atoms with E-state index in [0.29, 0.717) is 0 Å². The number of hydrogen-bond acceptors (Lipinski definition) is 4. The minimum atomic E-state index is 0.740. The second kappa shape index (κ2) is 7.90. The summed E-state index contributed by atoms with van der Waals surface area (Å²) in [6.07, 6.45) is 9.60. The standard InChI is InChI=1S/C19H29N5/c1-22(2)14-18-13-20-17(12-21-18)11-16-6-9-24(10-7-16)15-19-5-4-8-23(19)3/h4-5,8,12-13,16H,6-7,9-11,14-15H2,1-3H3. The monoisotopic (exact) mass is 327 g/mol. The van der Waals surface area contributed by atoms with E-state index in [2.05, 4.69) is 63.8 Å². The first kappa shape index (κ1) is 17.1. The first-order chi connectivity index (χ1) is 11.6.